The van der Waals surface area contributed by atoms with Gasteiger partial charge in [-0.15, -0.1) is 11.3 Å². The van der Waals surface area contributed by atoms with E-state index in [2.05, 4.69) is 25.8 Å². The van der Waals surface area contributed by atoms with Crippen molar-refractivity contribution in [2.75, 3.05) is 32.1 Å². The fourth-order valence-electron chi connectivity index (χ4n) is 2.41. The highest BCUT2D eigenvalue weighted by atomic mass is 79.9. The molecule has 3 aromatic rings. The molecule has 1 aromatic carbocycles. The molecular formula is C17H17BrClN3OS2. The zero-order valence-corrected chi connectivity index (χ0v) is 17.8. The smallest absolute Gasteiger partial charge is 0.270 e. The molecule has 132 valence electrons. The van der Waals surface area contributed by atoms with Gasteiger partial charge in [0.1, 0.15) is 5.52 Å². The van der Waals surface area contributed by atoms with Gasteiger partial charge in [0.05, 0.1) is 18.4 Å². The van der Waals surface area contributed by atoms with Gasteiger partial charge in [-0.05, 0) is 67.3 Å². The first kappa shape index (κ1) is 18.8. The Hall–Kier alpha value is -0.990. The van der Waals surface area contributed by atoms with Crippen molar-refractivity contribution in [2.45, 2.75) is 6.42 Å². The summed E-state index contributed by atoms with van der Waals surface area (Å²) >= 11 is 12.6. The van der Waals surface area contributed by atoms with E-state index in [4.69, 9.17) is 11.6 Å². The van der Waals surface area contributed by atoms with Crippen LogP contribution >= 0.6 is 50.2 Å². The second-order valence-electron chi connectivity index (χ2n) is 5.80. The number of carbonyl (C=O) groups is 1. The van der Waals surface area contributed by atoms with Gasteiger partial charge in [-0.25, -0.2) is 4.98 Å². The van der Waals surface area contributed by atoms with Crippen molar-refractivity contribution in [2.24, 2.45) is 0 Å². The number of nitrogens with zero attached hydrogens (tertiary/aromatic N) is 3. The van der Waals surface area contributed by atoms with Crippen LogP contribution in [0.25, 0.3) is 10.2 Å². The summed E-state index contributed by atoms with van der Waals surface area (Å²) in [5, 5.41) is 1.30. The van der Waals surface area contributed by atoms with Crippen LogP contribution in [-0.2, 0) is 0 Å². The first-order chi connectivity index (χ1) is 12.0. The van der Waals surface area contributed by atoms with Gasteiger partial charge in [-0.3, -0.25) is 9.69 Å². The summed E-state index contributed by atoms with van der Waals surface area (Å²) in [5.41, 5.74) is 0.752. The van der Waals surface area contributed by atoms with E-state index in [9.17, 15) is 4.79 Å². The van der Waals surface area contributed by atoms with Gasteiger partial charge < -0.3 is 4.90 Å². The largest absolute Gasteiger partial charge is 0.309 e. The second kappa shape index (κ2) is 8.14. The van der Waals surface area contributed by atoms with E-state index in [0.29, 0.717) is 21.6 Å². The highest BCUT2D eigenvalue weighted by Crippen LogP contribution is 2.34. The maximum Gasteiger partial charge on any atom is 0.270 e. The summed E-state index contributed by atoms with van der Waals surface area (Å²) in [7, 11) is 4.06. The SMILES string of the molecule is CN(C)CCCN(C(=O)c1ccc(Br)s1)c1nc2c(Cl)cccc2s1. The second-order valence-corrected chi connectivity index (χ2v) is 9.68. The first-order valence-corrected chi connectivity index (χ1v) is 10.5. The number of carbonyl (C=O) groups excluding carboxylic acids is 1. The number of amides is 1. The normalized spacial score (nSPS) is 11.4. The molecule has 0 unspecified atom stereocenters. The van der Waals surface area contributed by atoms with Gasteiger partial charge in [-0.2, -0.15) is 0 Å². The molecule has 0 N–H and O–H groups in total. The minimum atomic E-state index is -0.0235. The molecule has 0 saturated heterocycles. The predicted octanol–water partition coefficient (Wildman–Crippen LogP) is 5.37. The van der Waals surface area contributed by atoms with E-state index >= 15 is 0 Å². The third kappa shape index (κ3) is 4.41. The Bertz CT molecular complexity index is 893. The molecule has 0 spiro atoms. The van der Waals surface area contributed by atoms with E-state index in [1.165, 1.54) is 22.7 Å². The average Bonchev–Trinajstić information content (AvgIpc) is 3.18. The summed E-state index contributed by atoms with van der Waals surface area (Å²) < 4.78 is 1.93. The number of halogens is 2. The van der Waals surface area contributed by atoms with Crippen molar-refractivity contribution >= 4 is 71.5 Å². The summed E-state index contributed by atoms with van der Waals surface area (Å²) in [6.45, 7) is 1.52. The zero-order valence-electron chi connectivity index (χ0n) is 13.8. The van der Waals surface area contributed by atoms with Crippen molar-refractivity contribution in [1.82, 2.24) is 9.88 Å². The van der Waals surface area contributed by atoms with Crippen molar-refractivity contribution in [1.29, 1.82) is 0 Å². The number of thiazole rings is 1. The van der Waals surface area contributed by atoms with E-state index < -0.39 is 0 Å². The molecule has 4 nitrogen and oxygen atoms in total. The highest BCUT2D eigenvalue weighted by molar-refractivity contribution is 9.11. The summed E-state index contributed by atoms with van der Waals surface area (Å²) in [6, 6.07) is 9.44. The van der Waals surface area contributed by atoms with Crippen molar-refractivity contribution in [3.05, 3.63) is 44.0 Å². The van der Waals surface area contributed by atoms with Gasteiger partial charge in [-0.1, -0.05) is 29.0 Å². The van der Waals surface area contributed by atoms with E-state index in [-0.39, 0.29) is 5.91 Å². The predicted molar refractivity (Wildman–Crippen MR) is 111 cm³/mol. The van der Waals surface area contributed by atoms with Crippen LogP contribution in [0.3, 0.4) is 0 Å². The van der Waals surface area contributed by atoms with Gasteiger partial charge >= 0.3 is 0 Å². The van der Waals surface area contributed by atoms with Crippen LogP contribution in [0.4, 0.5) is 5.13 Å². The fourth-order valence-corrected chi connectivity index (χ4v) is 5.03. The van der Waals surface area contributed by atoms with Gasteiger partial charge in [0.2, 0.25) is 0 Å². The maximum absolute atomic E-state index is 13.0. The maximum atomic E-state index is 13.0. The number of aromatic nitrogens is 1. The Balaban J connectivity index is 1.93. The number of fused-ring (bicyclic) bond motifs is 1. The van der Waals surface area contributed by atoms with Gasteiger partial charge in [0.15, 0.2) is 5.13 Å². The van der Waals surface area contributed by atoms with Crippen molar-refractivity contribution in [3.8, 4) is 0 Å². The first-order valence-electron chi connectivity index (χ1n) is 7.72. The van der Waals surface area contributed by atoms with Crippen molar-refractivity contribution in [3.63, 3.8) is 0 Å². The summed E-state index contributed by atoms with van der Waals surface area (Å²) in [5.74, 6) is -0.0235. The number of thiophene rings is 1. The van der Waals surface area contributed by atoms with E-state index in [1.807, 2.05) is 44.4 Å². The Kier molecular flexibility index (Phi) is 6.12. The molecule has 0 fully saturated rings. The molecule has 3 rings (SSSR count). The molecule has 0 atom stereocenters. The van der Waals surface area contributed by atoms with Crippen LogP contribution in [0, 0.1) is 0 Å². The fraction of sp³-hybridized carbons (Fsp3) is 0.294. The molecule has 0 aliphatic rings. The Morgan fingerprint density at radius 1 is 1.20 bits per heavy atom. The number of hydrogen-bond acceptors (Lipinski definition) is 5. The lowest BCUT2D eigenvalue weighted by molar-refractivity contribution is 0.0990. The van der Waals surface area contributed by atoms with Crippen LogP contribution in [-0.4, -0.2) is 43.0 Å². The van der Waals surface area contributed by atoms with Crippen LogP contribution < -0.4 is 4.90 Å². The van der Waals surface area contributed by atoms with Gasteiger partial charge in [0, 0.05) is 6.54 Å². The molecule has 0 aliphatic heterocycles. The Morgan fingerprint density at radius 3 is 2.64 bits per heavy atom. The highest BCUT2D eigenvalue weighted by Gasteiger charge is 2.23. The number of rotatable bonds is 6. The molecule has 0 aliphatic carbocycles. The minimum absolute atomic E-state index is 0.0235. The molecule has 25 heavy (non-hydrogen) atoms. The molecule has 8 heteroatoms. The number of benzene rings is 1. The van der Waals surface area contributed by atoms with Crippen molar-refractivity contribution < 1.29 is 4.79 Å². The van der Waals surface area contributed by atoms with E-state index in [1.54, 1.807) is 4.90 Å². The monoisotopic (exact) mass is 457 g/mol. The Morgan fingerprint density at radius 2 is 2.00 bits per heavy atom. The van der Waals surface area contributed by atoms with Crippen LogP contribution in [0.1, 0.15) is 16.1 Å². The molecular weight excluding hydrogens is 442 g/mol. The quantitative estimate of drug-likeness (QED) is 0.498. The third-order valence-electron chi connectivity index (χ3n) is 3.61. The zero-order chi connectivity index (χ0) is 18.0. The van der Waals surface area contributed by atoms with Gasteiger partial charge in [0.25, 0.3) is 5.91 Å². The molecule has 0 bridgehead atoms. The lowest BCUT2D eigenvalue weighted by Gasteiger charge is -2.20. The number of hydrogen-bond donors (Lipinski definition) is 0. The molecule has 0 radical (unpaired) electrons. The average molecular weight is 459 g/mol. The van der Waals surface area contributed by atoms with E-state index in [0.717, 1.165) is 27.0 Å². The lowest BCUT2D eigenvalue weighted by Crippen LogP contribution is -2.32. The standard InChI is InChI=1S/C17H17BrClN3OS2/c1-21(2)9-4-10-22(16(23)13-7-8-14(18)24-13)17-20-15-11(19)5-3-6-12(15)25-17/h3,5-8H,4,9-10H2,1-2H3. The summed E-state index contributed by atoms with van der Waals surface area (Å²) in [6.07, 6.45) is 0.870. The van der Waals surface area contributed by atoms with Crippen LogP contribution in [0.2, 0.25) is 5.02 Å². The van der Waals surface area contributed by atoms with Crippen LogP contribution in [0.15, 0.2) is 34.1 Å². The topological polar surface area (TPSA) is 36.4 Å². The molecule has 2 heterocycles. The molecule has 1 amide bonds. The third-order valence-corrected chi connectivity index (χ3v) is 6.57. The minimum Gasteiger partial charge on any atom is -0.309 e. The lowest BCUT2D eigenvalue weighted by atomic mass is 10.3. The molecule has 0 saturated carbocycles. The van der Waals surface area contributed by atoms with Crippen LogP contribution in [0.5, 0.6) is 0 Å². The number of anilines is 1. The number of para-hydroxylation sites is 1. The Labute approximate surface area is 168 Å². The summed E-state index contributed by atoms with van der Waals surface area (Å²) in [4.78, 5) is 22.2. The molecule has 2 aromatic heterocycles.